The summed E-state index contributed by atoms with van der Waals surface area (Å²) in [5.41, 5.74) is 2.67. The second kappa shape index (κ2) is 7.47. The lowest BCUT2D eigenvalue weighted by Gasteiger charge is -2.35. The molecular formula is C19H26N2OS. The summed E-state index contributed by atoms with van der Waals surface area (Å²) in [7, 11) is 1.77. The molecule has 0 aliphatic carbocycles. The van der Waals surface area contributed by atoms with E-state index in [1.807, 2.05) is 11.3 Å². The molecule has 1 aromatic carbocycles. The van der Waals surface area contributed by atoms with Crippen LogP contribution in [0.5, 0.6) is 5.75 Å². The number of methoxy groups -OCH3 is 1. The predicted molar refractivity (Wildman–Crippen MR) is 97.7 cm³/mol. The molecule has 1 aromatic heterocycles. The number of piperazine rings is 1. The first-order valence-electron chi connectivity index (χ1n) is 8.36. The highest BCUT2D eigenvalue weighted by molar-refractivity contribution is 7.10. The third-order valence-corrected chi connectivity index (χ3v) is 5.47. The van der Waals surface area contributed by atoms with Gasteiger partial charge in [-0.3, -0.25) is 4.90 Å². The first kappa shape index (κ1) is 16.5. The second-order valence-electron chi connectivity index (χ2n) is 6.36. The number of benzene rings is 1. The van der Waals surface area contributed by atoms with Gasteiger partial charge in [0.25, 0.3) is 0 Å². The van der Waals surface area contributed by atoms with Crippen LogP contribution in [0.3, 0.4) is 0 Å². The van der Waals surface area contributed by atoms with Gasteiger partial charge < -0.3 is 10.1 Å². The van der Waals surface area contributed by atoms with Gasteiger partial charge in [-0.25, -0.2) is 0 Å². The van der Waals surface area contributed by atoms with Crippen molar-refractivity contribution in [3.8, 4) is 5.75 Å². The molecule has 2 heterocycles. The lowest BCUT2D eigenvalue weighted by Crippen LogP contribution is -2.45. The van der Waals surface area contributed by atoms with E-state index in [-0.39, 0.29) is 6.04 Å². The molecule has 0 radical (unpaired) electrons. The normalized spacial score (nSPS) is 17.4. The van der Waals surface area contributed by atoms with Gasteiger partial charge in [0.1, 0.15) is 5.75 Å². The van der Waals surface area contributed by atoms with Crippen molar-refractivity contribution in [2.75, 3.05) is 33.3 Å². The van der Waals surface area contributed by atoms with Gasteiger partial charge in [0.15, 0.2) is 0 Å². The number of thiophene rings is 1. The number of hydrogen-bond acceptors (Lipinski definition) is 4. The summed E-state index contributed by atoms with van der Waals surface area (Å²) in [5.74, 6) is 1.51. The van der Waals surface area contributed by atoms with E-state index in [1.54, 1.807) is 7.11 Å². The molecule has 0 saturated carbocycles. The molecule has 1 saturated heterocycles. The fraction of sp³-hybridized carbons (Fsp3) is 0.474. The number of nitrogens with one attached hydrogen (secondary N) is 1. The van der Waals surface area contributed by atoms with Crippen molar-refractivity contribution in [3.05, 3.63) is 51.7 Å². The molecule has 124 valence electrons. The fourth-order valence-electron chi connectivity index (χ4n) is 3.24. The van der Waals surface area contributed by atoms with Crippen molar-refractivity contribution in [2.24, 2.45) is 0 Å². The molecule has 1 aliphatic rings. The van der Waals surface area contributed by atoms with Crippen LogP contribution in [0.1, 0.15) is 41.8 Å². The second-order valence-corrected chi connectivity index (χ2v) is 7.34. The van der Waals surface area contributed by atoms with Crippen molar-refractivity contribution >= 4 is 11.3 Å². The average molecular weight is 330 g/mol. The zero-order valence-corrected chi connectivity index (χ0v) is 15.0. The van der Waals surface area contributed by atoms with Crippen LogP contribution in [0.4, 0.5) is 0 Å². The predicted octanol–water partition coefficient (Wildman–Crippen LogP) is 3.87. The van der Waals surface area contributed by atoms with E-state index in [2.05, 4.69) is 59.8 Å². The molecule has 4 heteroatoms. The van der Waals surface area contributed by atoms with Gasteiger partial charge in [0, 0.05) is 36.6 Å². The lowest BCUT2D eigenvalue weighted by atomic mass is 9.95. The molecule has 1 fully saturated rings. The number of rotatable bonds is 5. The van der Waals surface area contributed by atoms with Crippen molar-refractivity contribution in [2.45, 2.75) is 25.8 Å². The van der Waals surface area contributed by atoms with Gasteiger partial charge in [0.2, 0.25) is 0 Å². The Labute approximate surface area is 143 Å². The van der Waals surface area contributed by atoms with Gasteiger partial charge in [0.05, 0.1) is 13.2 Å². The number of ether oxygens (including phenoxy) is 1. The maximum absolute atomic E-state index is 5.71. The van der Waals surface area contributed by atoms with E-state index >= 15 is 0 Å². The zero-order valence-electron chi connectivity index (χ0n) is 14.2. The Balaban J connectivity index is 2.06. The maximum Gasteiger partial charge on any atom is 0.124 e. The first-order chi connectivity index (χ1) is 11.2. The lowest BCUT2D eigenvalue weighted by molar-refractivity contribution is 0.197. The monoisotopic (exact) mass is 330 g/mol. The Bertz CT molecular complexity index is 618. The minimum Gasteiger partial charge on any atom is -0.496 e. The summed E-state index contributed by atoms with van der Waals surface area (Å²) in [6.45, 7) is 8.73. The molecule has 0 amide bonds. The van der Waals surface area contributed by atoms with Crippen LogP contribution in [0, 0.1) is 0 Å². The van der Waals surface area contributed by atoms with Crippen molar-refractivity contribution in [3.63, 3.8) is 0 Å². The SMILES string of the molecule is COc1ccc(C(C)C)cc1[C@@H](c1cccs1)N1CCNCC1. The van der Waals surface area contributed by atoms with Gasteiger partial charge in [-0.05, 0) is 35.1 Å². The molecule has 0 spiro atoms. The Morgan fingerprint density at radius 2 is 1.96 bits per heavy atom. The molecule has 0 unspecified atom stereocenters. The highest BCUT2D eigenvalue weighted by Gasteiger charge is 2.27. The molecule has 1 atom stereocenters. The summed E-state index contributed by atoms with van der Waals surface area (Å²) in [6, 6.07) is 11.3. The Kier molecular flexibility index (Phi) is 5.36. The largest absolute Gasteiger partial charge is 0.496 e. The van der Waals surface area contributed by atoms with Gasteiger partial charge in [-0.1, -0.05) is 26.0 Å². The highest BCUT2D eigenvalue weighted by Crippen LogP contribution is 2.38. The summed E-state index contributed by atoms with van der Waals surface area (Å²) < 4.78 is 5.71. The molecular weight excluding hydrogens is 304 g/mol. The van der Waals surface area contributed by atoms with Gasteiger partial charge in [-0.2, -0.15) is 0 Å². The van der Waals surface area contributed by atoms with E-state index in [0.29, 0.717) is 5.92 Å². The van der Waals surface area contributed by atoms with Crippen LogP contribution >= 0.6 is 11.3 Å². The van der Waals surface area contributed by atoms with Crippen LogP contribution in [-0.2, 0) is 0 Å². The van der Waals surface area contributed by atoms with Crippen LogP contribution in [0.25, 0.3) is 0 Å². The highest BCUT2D eigenvalue weighted by atomic mass is 32.1. The third kappa shape index (κ3) is 3.60. The molecule has 0 bridgehead atoms. The average Bonchev–Trinajstić information content (AvgIpc) is 3.10. The third-order valence-electron chi connectivity index (χ3n) is 4.54. The smallest absolute Gasteiger partial charge is 0.124 e. The minimum atomic E-state index is 0.283. The zero-order chi connectivity index (χ0) is 16.2. The van der Waals surface area contributed by atoms with Crippen molar-refractivity contribution in [1.29, 1.82) is 0 Å². The molecule has 2 aromatic rings. The quantitative estimate of drug-likeness (QED) is 0.900. The van der Waals surface area contributed by atoms with Crippen LogP contribution in [0.2, 0.25) is 0 Å². The topological polar surface area (TPSA) is 24.5 Å². The molecule has 3 rings (SSSR count). The van der Waals surface area contributed by atoms with Crippen LogP contribution < -0.4 is 10.1 Å². The number of hydrogen-bond donors (Lipinski definition) is 1. The van der Waals surface area contributed by atoms with E-state index in [0.717, 1.165) is 31.9 Å². The van der Waals surface area contributed by atoms with E-state index in [4.69, 9.17) is 4.74 Å². The fourth-order valence-corrected chi connectivity index (χ4v) is 4.12. The van der Waals surface area contributed by atoms with E-state index in [9.17, 15) is 0 Å². The Hall–Kier alpha value is -1.36. The van der Waals surface area contributed by atoms with E-state index in [1.165, 1.54) is 16.0 Å². The van der Waals surface area contributed by atoms with Gasteiger partial charge >= 0.3 is 0 Å². The van der Waals surface area contributed by atoms with Gasteiger partial charge in [-0.15, -0.1) is 11.3 Å². The number of nitrogens with zero attached hydrogens (tertiary/aromatic N) is 1. The van der Waals surface area contributed by atoms with Crippen molar-refractivity contribution in [1.82, 2.24) is 10.2 Å². The molecule has 23 heavy (non-hydrogen) atoms. The molecule has 1 N–H and O–H groups in total. The summed E-state index contributed by atoms with van der Waals surface area (Å²) in [6.07, 6.45) is 0. The Morgan fingerprint density at radius 1 is 1.17 bits per heavy atom. The maximum atomic E-state index is 5.71. The Morgan fingerprint density at radius 3 is 2.57 bits per heavy atom. The summed E-state index contributed by atoms with van der Waals surface area (Å²) >= 11 is 1.84. The molecule has 1 aliphatic heterocycles. The van der Waals surface area contributed by atoms with Crippen LogP contribution in [-0.4, -0.2) is 38.2 Å². The van der Waals surface area contributed by atoms with Crippen LogP contribution in [0.15, 0.2) is 35.7 Å². The summed E-state index contributed by atoms with van der Waals surface area (Å²) in [4.78, 5) is 3.97. The minimum absolute atomic E-state index is 0.283. The van der Waals surface area contributed by atoms with Crippen molar-refractivity contribution < 1.29 is 4.74 Å². The van der Waals surface area contributed by atoms with E-state index < -0.39 is 0 Å². The standard InChI is InChI=1S/C19H26N2OS/c1-14(2)15-6-7-17(22-3)16(13-15)19(18-5-4-12-23-18)21-10-8-20-9-11-21/h4-7,12-14,19-20H,8-11H2,1-3H3/t19-/m0/s1. The molecule has 3 nitrogen and oxygen atoms in total. The summed E-state index contributed by atoms with van der Waals surface area (Å²) in [5, 5.41) is 5.62. The first-order valence-corrected chi connectivity index (χ1v) is 9.24.